The second kappa shape index (κ2) is 4.58. The predicted molar refractivity (Wildman–Crippen MR) is 74.8 cm³/mol. The first-order valence-electron chi connectivity index (χ1n) is 6.95. The maximum atomic E-state index is 13.8. The first-order valence-corrected chi connectivity index (χ1v) is 6.95. The molecule has 0 bridgehead atoms. The highest BCUT2D eigenvalue weighted by Gasteiger charge is 2.51. The van der Waals surface area contributed by atoms with Crippen molar-refractivity contribution in [3.8, 4) is 0 Å². The highest BCUT2D eigenvalue weighted by molar-refractivity contribution is 6.09. The van der Waals surface area contributed by atoms with Gasteiger partial charge in [-0.05, 0) is 36.0 Å². The monoisotopic (exact) mass is 275 g/mol. The molecule has 4 nitrogen and oxygen atoms in total. The molecule has 1 fully saturated rings. The summed E-state index contributed by atoms with van der Waals surface area (Å²) in [5, 5.41) is 5.96. The van der Waals surface area contributed by atoms with Crippen LogP contribution < -0.4 is 10.6 Å². The van der Waals surface area contributed by atoms with Gasteiger partial charge >= 0.3 is 0 Å². The highest BCUT2D eigenvalue weighted by Crippen LogP contribution is 2.39. The van der Waals surface area contributed by atoms with E-state index in [1.54, 1.807) is 6.07 Å². The van der Waals surface area contributed by atoms with E-state index >= 15 is 0 Å². The number of aliphatic imine (C=N–C) groups is 1. The molecule has 3 rings (SSSR count). The van der Waals surface area contributed by atoms with Gasteiger partial charge in [-0.2, -0.15) is 0 Å². The largest absolute Gasteiger partial charge is 0.338 e. The van der Waals surface area contributed by atoms with E-state index in [1.807, 2.05) is 6.07 Å². The zero-order valence-corrected chi connectivity index (χ0v) is 11.7. The standard InChI is InChI=1S/C15H18FN3O/c1-9(2)8-17-14-18-13(20)15(19-14)7-6-10-11(15)4-3-5-12(10)16/h3-5,9H,6-8H2,1-2H3,(H2,17,18,19,20). The van der Waals surface area contributed by atoms with Crippen LogP contribution in [-0.2, 0) is 16.8 Å². The molecule has 1 aliphatic heterocycles. The van der Waals surface area contributed by atoms with Crippen molar-refractivity contribution in [3.63, 3.8) is 0 Å². The number of nitrogens with one attached hydrogen (secondary N) is 2. The molecule has 1 saturated heterocycles. The van der Waals surface area contributed by atoms with E-state index in [-0.39, 0.29) is 11.7 Å². The smallest absolute Gasteiger partial charge is 0.257 e. The maximum absolute atomic E-state index is 13.8. The third kappa shape index (κ3) is 1.88. The van der Waals surface area contributed by atoms with E-state index in [0.717, 1.165) is 5.56 Å². The molecule has 1 heterocycles. The van der Waals surface area contributed by atoms with Crippen molar-refractivity contribution in [2.75, 3.05) is 6.54 Å². The normalized spacial score (nSPS) is 26.2. The van der Waals surface area contributed by atoms with Crippen LogP contribution in [0, 0.1) is 11.7 Å². The molecule has 1 spiro atoms. The van der Waals surface area contributed by atoms with Gasteiger partial charge in [-0.3, -0.25) is 15.1 Å². The van der Waals surface area contributed by atoms with Gasteiger partial charge in [0.05, 0.1) is 0 Å². The van der Waals surface area contributed by atoms with E-state index in [0.29, 0.717) is 36.8 Å². The summed E-state index contributed by atoms with van der Waals surface area (Å²) >= 11 is 0. The Balaban J connectivity index is 1.95. The second-order valence-electron chi connectivity index (χ2n) is 5.83. The molecular weight excluding hydrogens is 257 g/mol. The third-order valence-corrected chi connectivity index (χ3v) is 3.89. The van der Waals surface area contributed by atoms with Crippen LogP contribution in [-0.4, -0.2) is 18.4 Å². The fourth-order valence-corrected chi connectivity index (χ4v) is 2.88. The first-order chi connectivity index (χ1) is 9.53. The quantitative estimate of drug-likeness (QED) is 0.863. The van der Waals surface area contributed by atoms with Crippen molar-refractivity contribution in [1.82, 2.24) is 10.6 Å². The van der Waals surface area contributed by atoms with Crippen LogP contribution in [0.5, 0.6) is 0 Å². The van der Waals surface area contributed by atoms with E-state index in [1.165, 1.54) is 6.07 Å². The second-order valence-corrected chi connectivity index (χ2v) is 5.83. The Labute approximate surface area is 117 Å². The van der Waals surface area contributed by atoms with Crippen LogP contribution in [0.3, 0.4) is 0 Å². The minimum absolute atomic E-state index is 0.135. The summed E-state index contributed by atoms with van der Waals surface area (Å²) in [6.07, 6.45) is 1.13. The Morgan fingerprint density at radius 1 is 1.45 bits per heavy atom. The number of rotatable bonds is 2. The van der Waals surface area contributed by atoms with Gasteiger partial charge in [-0.1, -0.05) is 26.0 Å². The Morgan fingerprint density at radius 2 is 2.25 bits per heavy atom. The maximum Gasteiger partial charge on any atom is 0.257 e. The van der Waals surface area contributed by atoms with Gasteiger partial charge in [0.25, 0.3) is 5.91 Å². The Hall–Kier alpha value is -1.91. The molecule has 2 aliphatic rings. The van der Waals surface area contributed by atoms with Gasteiger partial charge in [0, 0.05) is 6.54 Å². The highest BCUT2D eigenvalue weighted by atomic mass is 19.1. The van der Waals surface area contributed by atoms with E-state index in [4.69, 9.17) is 0 Å². The summed E-state index contributed by atoms with van der Waals surface area (Å²) < 4.78 is 13.8. The summed E-state index contributed by atoms with van der Waals surface area (Å²) in [5.74, 6) is 0.553. The Bertz CT molecular complexity index is 597. The minimum atomic E-state index is -0.840. The number of hydrogen-bond donors (Lipinski definition) is 2. The molecule has 20 heavy (non-hydrogen) atoms. The molecule has 1 atom stereocenters. The lowest BCUT2D eigenvalue weighted by Gasteiger charge is -2.21. The lowest BCUT2D eigenvalue weighted by atomic mass is 9.92. The number of carbonyl (C=O) groups is 1. The van der Waals surface area contributed by atoms with Crippen molar-refractivity contribution in [2.45, 2.75) is 32.2 Å². The van der Waals surface area contributed by atoms with Crippen LogP contribution in [0.25, 0.3) is 0 Å². The zero-order valence-electron chi connectivity index (χ0n) is 11.7. The van der Waals surface area contributed by atoms with Crippen molar-refractivity contribution in [2.24, 2.45) is 10.9 Å². The SMILES string of the molecule is CC(C)CN=C1NC(=O)C2(CCc3c(F)cccc32)N1. The van der Waals surface area contributed by atoms with E-state index < -0.39 is 5.54 Å². The molecule has 0 aromatic heterocycles. The summed E-state index contributed by atoms with van der Waals surface area (Å²) in [5.41, 5.74) is 0.540. The predicted octanol–water partition coefficient (Wildman–Crippen LogP) is 1.70. The van der Waals surface area contributed by atoms with E-state index in [9.17, 15) is 9.18 Å². The Kier molecular flexibility index (Phi) is 3.00. The average Bonchev–Trinajstić information content (AvgIpc) is 2.92. The van der Waals surface area contributed by atoms with Gasteiger partial charge in [0.15, 0.2) is 5.96 Å². The molecule has 5 heteroatoms. The van der Waals surface area contributed by atoms with Crippen LogP contribution in [0.15, 0.2) is 23.2 Å². The van der Waals surface area contributed by atoms with Gasteiger partial charge in [-0.25, -0.2) is 4.39 Å². The molecular formula is C15H18FN3O. The number of fused-ring (bicyclic) bond motifs is 2. The Morgan fingerprint density at radius 3 is 3.00 bits per heavy atom. The third-order valence-electron chi connectivity index (χ3n) is 3.89. The average molecular weight is 275 g/mol. The summed E-state index contributed by atoms with van der Waals surface area (Å²) in [6.45, 7) is 4.78. The molecule has 1 aromatic carbocycles. The van der Waals surface area contributed by atoms with Gasteiger partial charge in [0.1, 0.15) is 11.4 Å². The van der Waals surface area contributed by atoms with Crippen LogP contribution in [0.1, 0.15) is 31.4 Å². The van der Waals surface area contributed by atoms with Gasteiger partial charge in [0.2, 0.25) is 0 Å². The van der Waals surface area contributed by atoms with Crippen LogP contribution in [0.2, 0.25) is 0 Å². The number of benzene rings is 1. The minimum Gasteiger partial charge on any atom is -0.338 e. The zero-order chi connectivity index (χ0) is 14.3. The van der Waals surface area contributed by atoms with Gasteiger partial charge in [-0.15, -0.1) is 0 Å². The molecule has 1 aromatic rings. The molecule has 1 unspecified atom stereocenters. The summed E-state index contributed by atoms with van der Waals surface area (Å²) in [4.78, 5) is 16.7. The molecule has 1 amide bonds. The molecule has 0 radical (unpaired) electrons. The number of carbonyl (C=O) groups excluding carboxylic acids is 1. The number of guanidine groups is 1. The van der Waals surface area contributed by atoms with Crippen molar-refractivity contribution in [3.05, 3.63) is 35.1 Å². The number of amides is 1. The summed E-state index contributed by atoms with van der Waals surface area (Å²) in [7, 11) is 0. The lowest BCUT2D eigenvalue weighted by molar-refractivity contribution is -0.124. The molecule has 0 saturated carbocycles. The van der Waals surface area contributed by atoms with Gasteiger partial charge < -0.3 is 5.32 Å². The molecule has 1 aliphatic carbocycles. The lowest BCUT2D eigenvalue weighted by Crippen LogP contribution is -2.41. The van der Waals surface area contributed by atoms with Crippen LogP contribution >= 0.6 is 0 Å². The number of nitrogens with zero attached hydrogens (tertiary/aromatic N) is 1. The summed E-state index contributed by atoms with van der Waals surface area (Å²) in [6, 6.07) is 4.92. The van der Waals surface area contributed by atoms with Crippen molar-refractivity contribution in [1.29, 1.82) is 0 Å². The molecule has 2 N–H and O–H groups in total. The van der Waals surface area contributed by atoms with Crippen LogP contribution in [0.4, 0.5) is 4.39 Å². The first kappa shape index (κ1) is 13.1. The number of halogens is 1. The fourth-order valence-electron chi connectivity index (χ4n) is 2.88. The van der Waals surface area contributed by atoms with E-state index in [2.05, 4.69) is 29.5 Å². The fraction of sp³-hybridized carbons (Fsp3) is 0.467. The topological polar surface area (TPSA) is 53.5 Å². The van der Waals surface area contributed by atoms with Crippen molar-refractivity contribution >= 4 is 11.9 Å². The van der Waals surface area contributed by atoms with Crippen molar-refractivity contribution < 1.29 is 9.18 Å². The molecule has 106 valence electrons. The number of hydrogen-bond acceptors (Lipinski definition) is 2.